The molecule has 0 bridgehead atoms. The molecular weight excluding hydrogens is 1430 g/mol. The van der Waals surface area contributed by atoms with Crippen molar-refractivity contribution < 1.29 is 0 Å². The Kier molecular flexibility index (Phi) is 39.0. The van der Waals surface area contributed by atoms with Gasteiger partial charge in [-0.1, -0.05) is 145 Å². The van der Waals surface area contributed by atoms with Gasteiger partial charge in [0, 0.05) is 126 Å². The Morgan fingerprint density at radius 3 is 0.705 bits per heavy atom. The van der Waals surface area contributed by atoms with Gasteiger partial charge in [-0.05, 0) is 138 Å². The number of nitrogens with one attached hydrogen (secondary N) is 6. The summed E-state index contributed by atoms with van der Waals surface area (Å²) in [6.07, 6.45) is 4.45. The molecule has 0 radical (unpaired) electrons. The van der Waals surface area contributed by atoms with Crippen LogP contribution < -0.4 is 145 Å². The highest BCUT2D eigenvalue weighted by Gasteiger charge is 2.37. The Labute approximate surface area is 662 Å². The van der Waals surface area contributed by atoms with Gasteiger partial charge in [-0.2, -0.15) is 0 Å². The van der Waals surface area contributed by atoms with E-state index in [1.54, 1.807) is 11.9 Å². The summed E-state index contributed by atoms with van der Waals surface area (Å²) in [6.45, 7) is 51.0. The van der Waals surface area contributed by atoms with E-state index in [1.165, 1.54) is 0 Å². The molecule has 7 aromatic carbocycles. The molecule has 0 heterocycles. The topological polar surface area (TPSA) is 405 Å². The van der Waals surface area contributed by atoms with Gasteiger partial charge in [0.15, 0.2) is 0 Å². The maximum absolute atomic E-state index is 11.6. The molecular formula is C84H140N14O14. The van der Waals surface area contributed by atoms with Gasteiger partial charge in [-0.3, -0.25) is 67.1 Å². The number of anilines is 7. The van der Waals surface area contributed by atoms with E-state index in [0.29, 0.717) is 118 Å². The van der Waals surface area contributed by atoms with Crippen LogP contribution in [0.25, 0.3) is 0 Å². The van der Waals surface area contributed by atoms with Gasteiger partial charge in [0.1, 0.15) is 0 Å². The minimum atomic E-state index is -0.392. The Balaban J connectivity index is 0.000000654. The quantitative estimate of drug-likeness (QED) is 0.0231. The van der Waals surface area contributed by atoms with Crippen LogP contribution in [0.4, 0.5) is 39.8 Å². The summed E-state index contributed by atoms with van der Waals surface area (Å²) in [5.41, 5.74) is 17.9. The van der Waals surface area contributed by atoms with Crippen LogP contribution in [-0.4, -0.2) is 160 Å². The highest BCUT2D eigenvalue weighted by Crippen LogP contribution is 2.32. The maximum Gasteiger partial charge on any atom is 0.249 e. The molecule has 12 N–H and O–H groups in total. The molecule has 0 atom stereocenters. The van der Waals surface area contributed by atoms with E-state index in [-0.39, 0.29) is 108 Å². The van der Waals surface area contributed by atoms with E-state index in [0.717, 1.165) is 84.5 Å². The van der Waals surface area contributed by atoms with Crippen LogP contribution in [0.2, 0.25) is 0 Å². The zero-order valence-corrected chi connectivity index (χ0v) is 73.6. The first-order valence-corrected chi connectivity index (χ1v) is 38.9. The second-order valence-corrected chi connectivity index (χ2v) is 36.2. The van der Waals surface area contributed by atoms with E-state index in [4.69, 9.17) is 17.2 Å². The Bertz CT molecular complexity index is 4600. The largest absolute Gasteiger partial charge is 0.381 e. The zero-order chi connectivity index (χ0) is 87.2. The molecule has 28 nitrogen and oxygen atoms in total. The second-order valence-electron chi connectivity index (χ2n) is 36.2. The average molecular weight is 1570 g/mol. The molecule has 0 spiro atoms. The minimum Gasteiger partial charge on any atom is -0.381 e. The van der Waals surface area contributed by atoms with Crippen LogP contribution in [0.3, 0.4) is 0 Å². The number of hydrogen-bond donors (Lipinski definition) is 9. The smallest absolute Gasteiger partial charge is 0.249 e. The van der Waals surface area contributed by atoms with E-state index < -0.39 is 5.43 Å². The normalized spacial score (nSPS) is 12.1. The number of nitrogens with two attached hydrogens (primary N) is 3. The molecule has 112 heavy (non-hydrogen) atoms. The minimum absolute atomic E-state index is 0.252. The van der Waals surface area contributed by atoms with Crippen molar-refractivity contribution in [1.29, 1.82) is 0 Å². The van der Waals surface area contributed by atoms with Gasteiger partial charge in [-0.25, -0.2) is 0 Å². The fraction of sp³-hybridized carbons (Fsp3) is 0.667. The lowest BCUT2D eigenvalue weighted by atomic mass is 9.82. The third-order valence-electron chi connectivity index (χ3n) is 18.5. The highest BCUT2D eigenvalue weighted by molar-refractivity contribution is 5.65. The molecule has 0 aromatic heterocycles. The molecule has 7 aromatic rings. The fourth-order valence-electron chi connectivity index (χ4n) is 12.7. The summed E-state index contributed by atoms with van der Waals surface area (Å²) in [6, 6.07) is 0. The molecule has 0 amide bonds. The summed E-state index contributed by atoms with van der Waals surface area (Å²) < 4.78 is 0. The first-order chi connectivity index (χ1) is 51.2. The lowest BCUT2D eigenvalue weighted by Crippen LogP contribution is -2.47. The Morgan fingerprint density at radius 2 is 0.455 bits per heavy atom. The summed E-state index contributed by atoms with van der Waals surface area (Å²) in [5.74, 6) is 0. The monoisotopic (exact) mass is 1570 g/mol. The Morgan fingerprint density at radius 1 is 0.232 bits per heavy atom. The molecule has 28 heteroatoms. The second kappa shape index (κ2) is 42.8. The van der Waals surface area contributed by atoms with Crippen molar-refractivity contribution in [2.45, 2.75) is 215 Å². The van der Waals surface area contributed by atoms with Crippen molar-refractivity contribution in [1.82, 2.24) is 20.9 Å². The molecule has 0 saturated heterocycles. The first kappa shape index (κ1) is 102. The van der Waals surface area contributed by atoms with E-state index in [9.17, 15) is 67.1 Å². The summed E-state index contributed by atoms with van der Waals surface area (Å²) in [5, 5.41) is 18.3. The van der Waals surface area contributed by atoms with Gasteiger partial charge in [-0.15, -0.1) is 0 Å². The fourth-order valence-corrected chi connectivity index (χ4v) is 12.7. The standard InChI is InChI=1S/2C13H22N2O2.3C12H20N2O2.2C11H18N2O2/c1-13(2,3)9-10(12(17)11(9)16)14-7-6-8-15(4)5;1-13(2,3)9-10(12(17)11(9)16)15(5)8-6-7-14-4;1-12(2,3)8-9(11(16)10(8)15)14(5)7-6-13-4;1-12(2,3)8-9(11(16)10(8)15)14(4)7-5-6-13;1-12(2,3)8-9(11(16)10(8)15)14-7-5-6-13-4;1-11(2,3)7-8(10(15)9(7)14)13(4)6-5-12;1-11(2,3)7-8(10(15)9(7)14)13-6-4-5-12/h2*14H,6-8H2,1-5H3;13H,6-7H2,1-5H3;5-7,13H2,1-4H3;13-14H,5-7H2,1-4H3;5-6,12H2,1-4H3;13H,4-6,12H2,1-3H3. The maximum atomic E-state index is 11.6. The number of hydrogen-bond acceptors (Lipinski definition) is 28. The summed E-state index contributed by atoms with van der Waals surface area (Å²) in [7, 11) is 17.0. The van der Waals surface area contributed by atoms with E-state index in [2.05, 4.69) is 36.8 Å². The third kappa shape index (κ3) is 27.0. The SMILES string of the molecule is CC(C)(C)c1c(NCCCN)c(=O)c1=O.CN(C)CCCNc1c(C(C)(C)C)c(=O)c1=O.CN(CCCN)c1c(C(C)(C)C)c(=O)c1=O.CN(CCN)c1c(C(C)(C)C)c(=O)c1=O.CNCCCN(C)c1c(C(C)(C)C)c(=O)c1=O.CNCCCNc1c(C(C)(C)C)c(=O)c1=O.CNCCN(C)c1c(C(C)(C)C)c(=O)c1=O. The lowest BCUT2D eigenvalue weighted by molar-refractivity contribution is 0.405. The van der Waals surface area contributed by atoms with Gasteiger partial charge >= 0.3 is 0 Å². The number of likely N-dealkylation sites (N-methyl/N-ethyl adjacent to an activating group) is 3. The van der Waals surface area contributed by atoms with Crippen LogP contribution in [0, 0.1) is 0 Å². The van der Waals surface area contributed by atoms with Gasteiger partial charge < -0.3 is 73.6 Å². The van der Waals surface area contributed by atoms with Crippen molar-refractivity contribution in [3.63, 3.8) is 0 Å². The molecule has 0 unspecified atom stereocenters. The van der Waals surface area contributed by atoms with Crippen molar-refractivity contribution >= 4 is 39.8 Å². The predicted molar refractivity (Wildman–Crippen MR) is 470 cm³/mol. The molecule has 0 aliphatic heterocycles. The van der Waals surface area contributed by atoms with Crippen molar-refractivity contribution in [3.8, 4) is 0 Å². The van der Waals surface area contributed by atoms with Crippen LogP contribution in [0.5, 0.6) is 0 Å². The lowest BCUT2D eigenvalue weighted by Gasteiger charge is -2.29. The van der Waals surface area contributed by atoms with E-state index in [1.807, 2.05) is 216 Å². The zero-order valence-electron chi connectivity index (χ0n) is 73.6. The van der Waals surface area contributed by atoms with Crippen LogP contribution >= 0.6 is 0 Å². The van der Waals surface area contributed by atoms with Gasteiger partial charge in [0.05, 0.1) is 39.8 Å². The molecule has 0 fully saturated rings. The van der Waals surface area contributed by atoms with Gasteiger partial charge in [0.25, 0.3) is 0 Å². The number of rotatable bonds is 30. The van der Waals surface area contributed by atoms with E-state index >= 15 is 0 Å². The van der Waals surface area contributed by atoms with Crippen LogP contribution in [-0.2, 0) is 37.9 Å². The molecule has 7 rings (SSSR count). The van der Waals surface area contributed by atoms with Crippen molar-refractivity contribution in [2.75, 3.05) is 191 Å². The van der Waals surface area contributed by atoms with Crippen molar-refractivity contribution in [2.24, 2.45) is 17.2 Å². The summed E-state index contributed by atoms with van der Waals surface area (Å²) >= 11 is 0. The van der Waals surface area contributed by atoms with Crippen LogP contribution in [0.15, 0.2) is 67.1 Å². The predicted octanol–water partition coefficient (Wildman–Crippen LogP) is 3.09. The first-order valence-electron chi connectivity index (χ1n) is 38.9. The molecule has 0 saturated carbocycles. The molecule has 630 valence electrons. The molecule has 0 aliphatic rings. The average Bonchev–Trinajstić information content (AvgIpc) is 0.660. The Hall–Kier alpha value is -8.12. The van der Waals surface area contributed by atoms with Crippen LogP contribution in [0.1, 0.15) is 216 Å². The summed E-state index contributed by atoms with van der Waals surface area (Å²) in [4.78, 5) is 170. The van der Waals surface area contributed by atoms with Gasteiger partial charge in [0.2, 0.25) is 76.0 Å². The van der Waals surface area contributed by atoms with Crippen molar-refractivity contribution in [3.05, 3.63) is 182 Å². The highest BCUT2D eigenvalue weighted by atomic mass is 16.2. The third-order valence-corrected chi connectivity index (χ3v) is 18.5. The molecule has 0 aliphatic carbocycles. The number of nitrogens with zero attached hydrogens (tertiary/aromatic N) is 5.